The predicted octanol–water partition coefficient (Wildman–Crippen LogP) is 7.03. The molecule has 5 rings (SSSR count). The highest BCUT2D eigenvalue weighted by atomic mass is 15.0. The number of nitrogens with zero attached hydrogens (tertiary/aromatic N) is 3. The lowest BCUT2D eigenvalue weighted by Crippen LogP contribution is -2.39. The van der Waals surface area contributed by atoms with E-state index in [0.717, 1.165) is 67.9 Å². The molecule has 0 aromatic carbocycles. The maximum absolute atomic E-state index is 4.61. The molecule has 2 N–H and O–H groups in total. The van der Waals surface area contributed by atoms with Crippen LogP contribution in [0.2, 0.25) is 0 Å². The van der Waals surface area contributed by atoms with Crippen LogP contribution < -0.4 is 21.3 Å². The summed E-state index contributed by atoms with van der Waals surface area (Å²) in [4.78, 5) is 13.6. The minimum Gasteiger partial charge on any atom is -0.358 e. The van der Waals surface area contributed by atoms with E-state index in [2.05, 4.69) is 95.6 Å². The standard InChI is InChI=1S/C32H33N5.C2H6/c1-6-10-29(25-11-7-8-12-25)20(2)21(3)35-23(5)31-30-16-27(18-34-32(30)37-31)26-15-28(19-33-17-26)36-22(4)24-13-9-14-24;1-2/h6-7,10-12,15-19,24,35-36H,1,4-5,8-9,13-14H2,2-3H3;1-2H3/b21-20+,29-10+;. The third-order valence-electron chi connectivity index (χ3n) is 7.27. The Kier molecular flexibility index (Phi) is 8.92. The van der Waals surface area contributed by atoms with Crippen LogP contribution in [0.15, 0.2) is 120 Å². The van der Waals surface area contributed by atoms with Crippen LogP contribution in [0.4, 0.5) is 5.69 Å². The Morgan fingerprint density at radius 3 is 2.49 bits per heavy atom. The number of nitrogens with one attached hydrogen (secondary N) is 2. The van der Waals surface area contributed by atoms with Crippen LogP contribution in [-0.2, 0) is 0 Å². The number of hydrogen-bond acceptors (Lipinski definition) is 5. The summed E-state index contributed by atoms with van der Waals surface area (Å²) in [5.74, 6) is 0.565. The minimum atomic E-state index is 0.565. The zero-order valence-corrected chi connectivity index (χ0v) is 23.6. The molecule has 2 aromatic heterocycles. The highest BCUT2D eigenvalue weighted by molar-refractivity contribution is 5.71. The zero-order valence-electron chi connectivity index (χ0n) is 23.6. The van der Waals surface area contributed by atoms with Crippen molar-refractivity contribution in [3.8, 4) is 11.1 Å². The smallest absolute Gasteiger partial charge is 0.162 e. The Balaban J connectivity index is 0.00000172. The summed E-state index contributed by atoms with van der Waals surface area (Å²) in [6, 6.07) is 4.21. The average molecular weight is 518 g/mol. The number of anilines is 1. The number of allylic oxidation sites excluding steroid dienone is 10. The van der Waals surface area contributed by atoms with Gasteiger partial charge in [0.05, 0.1) is 23.3 Å². The van der Waals surface area contributed by atoms with E-state index in [1.807, 2.05) is 38.5 Å². The van der Waals surface area contributed by atoms with Gasteiger partial charge in [-0.15, -0.1) is 0 Å². The van der Waals surface area contributed by atoms with Crippen LogP contribution in [0.1, 0.15) is 53.4 Å². The van der Waals surface area contributed by atoms with Crippen molar-refractivity contribution in [2.24, 2.45) is 10.9 Å². The van der Waals surface area contributed by atoms with Crippen molar-refractivity contribution in [3.63, 3.8) is 0 Å². The summed E-state index contributed by atoms with van der Waals surface area (Å²) in [6.07, 6.45) is 20.6. The summed E-state index contributed by atoms with van der Waals surface area (Å²) in [7, 11) is 0. The van der Waals surface area contributed by atoms with E-state index < -0.39 is 0 Å². The van der Waals surface area contributed by atoms with Gasteiger partial charge in [0, 0.05) is 40.1 Å². The van der Waals surface area contributed by atoms with E-state index in [9.17, 15) is 0 Å². The van der Waals surface area contributed by atoms with E-state index in [1.165, 1.54) is 24.8 Å². The molecule has 5 heteroatoms. The van der Waals surface area contributed by atoms with Gasteiger partial charge >= 0.3 is 0 Å². The fourth-order valence-electron chi connectivity index (χ4n) is 4.73. The van der Waals surface area contributed by atoms with Crippen molar-refractivity contribution < 1.29 is 0 Å². The van der Waals surface area contributed by atoms with Crippen LogP contribution in [-0.4, -0.2) is 9.97 Å². The number of fused-ring (bicyclic) bond motifs is 1. The molecule has 1 aliphatic heterocycles. The third kappa shape index (κ3) is 6.09. The van der Waals surface area contributed by atoms with E-state index in [1.54, 1.807) is 0 Å². The molecule has 0 atom stereocenters. The Hall–Kier alpha value is -4.25. The molecule has 0 saturated heterocycles. The van der Waals surface area contributed by atoms with Crippen molar-refractivity contribution >= 4 is 11.4 Å². The average Bonchev–Trinajstić information content (AvgIpc) is 3.42. The van der Waals surface area contributed by atoms with Crippen LogP contribution in [0.25, 0.3) is 16.8 Å². The second kappa shape index (κ2) is 12.5. The fraction of sp³-hybridized carbons (Fsp3) is 0.265. The van der Waals surface area contributed by atoms with Gasteiger partial charge in [-0.3, -0.25) is 4.98 Å². The van der Waals surface area contributed by atoms with Crippen LogP contribution in [0, 0.1) is 5.92 Å². The van der Waals surface area contributed by atoms with Crippen molar-refractivity contribution in [2.45, 2.75) is 53.4 Å². The van der Waals surface area contributed by atoms with Gasteiger partial charge in [-0.05, 0) is 67.9 Å². The summed E-state index contributed by atoms with van der Waals surface area (Å²) < 4.78 is 0. The molecule has 200 valence electrons. The number of aromatic nitrogens is 2. The van der Waals surface area contributed by atoms with E-state index in [-0.39, 0.29) is 0 Å². The molecule has 39 heavy (non-hydrogen) atoms. The Bertz CT molecular complexity index is 1540. The van der Waals surface area contributed by atoms with Gasteiger partial charge < -0.3 is 10.6 Å². The zero-order chi connectivity index (χ0) is 27.9. The first-order valence-electron chi connectivity index (χ1n) is 13.8. The highest BCUT2D eigenvalue weighted by Gasteiger charge is 2.21. The first kappa shape index (κ1) is 27.8. The molecule has 0 unspecified atom stereocenters. The van der Waals surface area contributed by atoms with Crippen molar-refractivity contribution in [3.05, 3.63) is 125 Å². The van der Waals surface area contributed by atoms with Gasteiger partial charge in [0.2, 0.25) is 0 Å². The molecular weight excluding hydrogens is 478 g/mol. The van der Waals surface area contributed by atoms with Crippen LogP contribution >= 0.6 is 0 Å². The van der Waals surface area contributed by atoms with Crippen molar-refractivity contribution in [1.82, 2.24) is 15.3 Å². The molecule has 2 aromatic rings. The monoisotopic (exact) mass is 517 g/mol. The van der Waals surface area contributed by atoms with Crippen LogP contribution in [0.5, 0.6) is 0 Å². The molecule has 0 spiro atoms. The molecular formula is C34H39N5. The Morgan fingerprint density at radius 2 is 1.82 bits per heavy atom. The first-order valence-corrected chi connectivity index (χ1v) is 13.8. The maximum atomic E-state index is 4.61. The lowest BCUT2D eigenvalue weighted by atomic mass is 9.83. The van der Waals surface area contributed by atoms with Crippen molar-refractivity contribution in [1.29, 1.82) is 0 Å². The largest absolute Gasteiger partial charge is 0.358 e. The molecule has 3 heterocycles. The Labute approximate surface area is 232 Å². The second-order valence-electron chi connectivity index (χ2n) is 9.76. The SMILES string of the molecule is C=C/C=C(C1=CCC=C1)\C(C)=C(/C)NC(=C)C1=c2cc(-c3cncc(NC(=C)C4CCC4)c3)cnc2=N1.CC. The number of rotatable bonds is 10. The topological polar surface area (TPSA) is 62.2 Å². The molecule has 0 bridgehead atoms. The Morgan fingerprint density at radius 1 is 1.05 bits per heavy atom. The minimum absolute atomic E-state index is 0.565. The lowest BCUT2D eigenvalue weighted by molar-refractivity contribution is 0.371. The number of hydrogen-bond donors (Lipinski definition) is 2. The molecule has 2 aliphatic carbocycles. The molecule has 0 amide bonds. The fourth-order valence-corrected chi connectivity index (χ4v) is 4.73. The molecule has 3 aliphatic rings. The number of pyridine rings is 2. The summed E-state index contributed by atoms with van der Waals surface area (Å²) in [6.45, 7) is 20.6. The summed E-state index contributed by atoms with van der Waals surface area (Å²) in [5, 5.41) is 7.89. The predicted molar refractivity (Wildman–Crippen MR) is 164 cm³/mol. The lowest BCUT2D eigenvalue weighted by Gasteiger charge is -2.28. The van der Waals surface area contributed by atoms with Gasteiger partial charge in [-0.2, -0.15) is 0 Å². The summed E-state index contributed by atoms with van der Waals surface area (Å²) in [5.41, 5.74) is 10.8. The van der Waals surface area contributed by atoms with Crippen molar-refractivity contribution in [2.75, 3.05) is 5.32 Å². The summed E-state index contributed by atoms with van der Waals surface area (Å²) >= 11 is 0. The van der Waals surface area contributed by atoms with E-state index in [0.29, 0.717) is 5.92 Å². The van der Waals surface area contributed by atoms with Crippen LogP contribution in [0.3, 0.4) is 0 Å². The molecule has 1 saturated carbocycles. The van der Waals surface area contributed by atoms with Gasteiger partial charge in [0.15, 0.2) is 5.49 Å². The first-order chi connectivity index (χ1) is 18.9. The van der Waals surface area contributed by atoms with E-state index >= 15 is 0 Å². The highest BCUT2D eigenvalue weighted by Crippen LogP contribution is 2.33. The van der Waals surface area contributed by atoms with Gasteiger partial charge in [0.25, 0.3) is 0 Å². The van der Waals surface area contributed by atoms with Gasteiger partial charge in [-0.1, -0.05) is 70.4 Å². The molecule has 5 nitrogen and oxygen atoms in total. The molecule has 0 radical (unpaired) electrons. The third-order valence-corrected chi connectivity index (χ3v) is 7.27. The molecule has 1 fully saturated rings. The van der Waals surface area contributed by atoms with Gasteiger partial charge in [0.1, 0.15) is 0 Å². The maximum Gasteiger partial charge on any atom is 0.162 e. The van der Waals surface area contributed by atoms with Gasteiger partial charge in [-0.25, -0.2) is 9.98 Å². The normalized spacial score (nSPS) is 16.3. The van der Waals surface area contributed by atoms with E-state index in [4.69, 9.17) is 0 Å². The second-order valence-corrected chi connectivity index (χ2v) is 9.76. The quantitative estimate of drug-likeness (QED) is 0.332.